The van der Waals surface area contributed by atoms with Gasteiger partial charge in [-0.15, -0.1) is 6.42 Å². The first kappa shape index (κ1) is 10.3. The second-order valence-electron chi connectivity index (χ2n) is 3.28. The molecule has 0 spiro atoms. The molecule has 0 aliphatic heterocycles. The van der Waals surface area contributed by atoms with Gasteiger partial charge in [0.2, 0.25) is 5.88 Å². The van der Waals surface area contributed by atoms with Gasteiger partial charge in [0.15, 0.2) is 0 Å². The number of hydrogen-bond donors (Lipinski definition) is 0. The monoisotopic (exact) mass is 209 g/mol. The van der Waals surface area contributed by atoms with Gasteiger partial charge in [-0.1, -0.05) is 24.1 Å². The average molecular weight is 209 g/mol. The van der Waals surface area contributed by atoms with Crippen LogP contribution in [0, 0.1) is 12.3 Å². The molecule has 0 aliphatic carbocycles. The van der Waals surface area contributed by atoms with Crippen LogP contribution in [-0.2, 0) is 0 Å². The van der Waals surface area contributed by atoms with Crippen molar-refractivity contribution in [3.8, 4) is 29.4 Å². The quantitative estimate of drug-likeness (QED) is 0.709. The van der Waals surface area contributed by atoms with E-state index in [1.165, 1.54) is 0 Å². The number of benzene rings is 1. The lowest BCUT2D eigenvalue weighted by Crippen LogP contribution is -1.89. The van der Waals surface area contributed by atoms with Crippen LogP contribution in [0.5, 0.6) is 5.88 Å². The van der Waals surface area contributed by atoms with Gasteiger partial charge in [-0.2, -0.15) is 0 Å². The molecule has 2 heteroatoms. The summed E-state index contributed by atoms with van der Waals surface area (Å²) >= 11 is 0. The molecule has 0 saturated heterocycles. The highest BCUT2D eigenvalue weighted by molar-refractivity contribution is 5.71. The van der Waals surface area contributed by atoms with E-state index in [0.29, 0.717) is 5.88 Å². The third-order valence-electron chi connectivity index (χ3n) is 2.34. The Morgan fingerprint density at radius 3 is 2.81 bits per heavy atom. The minimum absolute atomic E-state index is 0.587. The maximum absolute atomic E-state index is 5.46. The van der Waals surface area contributed by atoms with Crippen molar-refractivity contribution in [3.63, 3.8) is 0 Å². The van der Waals surface area contributed by atoms with E-state index in [0.717, 1.165) is 16.7 Å². The van der Waals surface area contributed by atoms with Crippen LogP contribution in [0.4, 0.5) is 0 Å². The van der Waals surface area contributed by atoms with E-state index in [2.05, 4.69) is 10.9 Å². The number of hydrogen-bond acceptors (Lipinski definition) is 2. The SMILES string of the molecule is C#Cc1ccccc1-c1ccnc(OC)c1. The summed E-state index contributed by atoms with van der Waals surface area (Å²) in [7, 11) is 1.60. The van der Waals surface area contributed by atoms with Gasteiger partial charge >= 0.3 is 0 Å². The van der Waals surface area contributed by atoms with Crippen molar-refractivity contribution in [2.24, 2.45) is 0 Å². The Balaban J connectivity index is 2.55. The van der Waals surface area contributed by atoms with Crippen LogP contribution >= 0.6 is 0 Å². The molecule has 2 rings (SSSR count). The summed E-state index contributed by atoms with van der Waals surface area (Å²) in [5.74, 6) is 3.26. The fraction of sp³-hybridized carbons (Fsp3) is 0.0714. The zero-order valence-corrected chi connectivity index (χ0v) is 8.97. The molecule has 0 aliphatic rings. The van der Waals surface area contributed by atoms with Crippen molar-refractivity contribution in [2.45, 2.75) is 0 Å². The van der Waals surface area contributed by atoms with Gasteiger partial charge in [0, 0.05) is 17.8 Å². The fourth-order valence-electron chi connectivity index (χ4n) is 1.55. The Labute approximate surface area is 94.9 Å². The molecule has 1 aromatic heterocycles. The summed E-state index contributed by atoms with van der Waals surface area (Å²) < 4.78 is 5.09. The van der Waals surface area contributed by atoms with E-state index in [4.69, 9.17) is 11.2 Å². The van der Waals surface area contributed by atoms with Crippen molar-refractivity contribution < 1.29 is 4.74 Å². The third kappa shape index (κ3) is 1.89. The molecule has 16 heavy (non-hydrogen) atoms. The van der Waals surface area contributed by atoms with Gasteiger partial charge in [-0.3, -0.25) is 0 Å². The van der Waals surface area contributed by atoms with Gasteiger partial charge in [0.05, 0.1) is 7.11 Å². The molecular weight excluding hydrogens is 198 g/mol. The first-order valence-corrected chi connectivity index (χ1v) is 4.91. The lowest BCUT2D eigenvalue weighted by molar-refractivity contribution is 0.398. The summed E-state index contributed by atoms with van der Waals surface area (Å²) in [6.07, 6.45) is 7.17. The van der Waals surface area contributed by atoms with E-state index in [1.54, 1.807) is 13.3 Å². The lowest BCUT2D eigenvalue weighted by Gasteiger charge is -2.05. The maximum atomic E-state index is 5.46. The molecule has 0 N–H and O–H groups in total. The highest BCUT2D eigenvalue weighted by Crippen LogP contribution is 2.24. The molecule has 0 radical (unpaired) electrons. The number of nitrogens with zero attached hydrogens (tertiary/aromatic N) is 1. The lowest BCUT2D eigenvalue weighted by atomic mass is 10.0. The molecule has 0 bridgehead atoms. The number of aromatic nitrogens is 1. The highest BCUT2D eigenvalue weighted by Gasteiger charge is 2.03. The number of ether oxygens (including phenoxy) is 1. The Bertz CT molecular complexity index is 540. The summed E-state index contributed by atoms with van der Waals surface area (Å²) in [5, 5.41) is 0. The molecule has 0 saturated carbocycles. The van der Waals surface area contributed by atoms with E-state index in [1.807, 2.05) is 36.4 Å². The third-order valence-corrected chi connectivity index (χ3v) is 2.34. The topological polar surface area (TPSA) is 22.1 Å². The van der Waals surface area contributed by atoms with E-state index in [-0.39, 0.29) is 0 Å². The zero-order valence-electron chi connectivity index (χ0n) is 8.97. The summed E-state index contributed by atoms with van der Waals surface area (Å²) in [6, 6.07) is 11.6. The van der Waals surface area contributed by atoms with Gasteiger partial charge in [-0.05, 0) is 23.3 Å². The Morgan fingerprint density at radius 1 is 1.25 bits per heavy atom. The van der Waals surface area contributed by atoms with E-state index in [9.17, 15) is 0 Å². The average Bonchev–Trinajstić information content (AvgIpc) is 2.38. The molecule has 0 atom stereocenters. The fourth-order valence-corrected chi connectivity index (χ4v) is 1.55. The Morgan fingerprint density at radius 2 is 2.06 bits per heavy atom. The van der Waals surface area contributed by atoms with Crippen molar-refractivity contribution in [3.05, 3.63) is 48.2 Å². The molecule has 1 heterocycles. The largest absolute Gasteiger partial charge is 0.481 e. The molecule has 0 unspecified atom stereocenters. The first-order valence-electron chi connectivity index (χ1n) is 4.91. The standard InChI is InChI=1S/C14H11NO/c1-3-11-6-4-5-7-13(11)12-8-9-15-14(10-12)16-2/h1,4-10H,2H3. The Kier molecular flexibility index (Phi) is 2.88. The van der Waals surface area contributed by atoms with Crippen LogP contribution in [-0.4, -0.2) is 12.1 Å². The smallest absolute Gasteiger partial charge is 0.213 e. The summed E-state index contributed by atoms with van der Waals surface area (Å²) in [6.45, 7) is 0. The molecular formula is C14H11NO. The molecule has 1 aromatic carbocycles. The van der Waals surface area contributed by atoms with E-state index >= 15 is 0 Å². The predicted molar refractivity (Wildman–Crippen MR) is 64.2 cm³/mol. The predicted octanol–water partition coefficient (Wildman–Crippen LogP) is 2.74. The molecule has 2 aromatic rings. The van der Waals surface area contributed by atoms with Crippen LogP contribution in [0.2, 0.25) is 0 Å². The van der Waals surface area contributed by atoms with Crippen LogP contribution < -0.4 is 4.74 Å². The van der Waals surface area contributed by atoms with Gasteiger partial charge in [-0.25, -0.2) is 4.98 Å². The second-order valence-corrected chi connectivity index (χ2v) is 3.28. The van der Waals surface area contributed by atoms with Crippen molar-refractivity contribution >= 4 is 0 Å². The minimum Gasteiger partial charge on any atom is -0.481 e. The second kappa shape index (κ2) is 4.50. The van der Waals surface area contributed by atoms with Gasteiger partial charge in [0.25, 0.3) is 0 Å². The molecule has 2 nitrogen and oxygen atoms in total. The van der Waals surface area contributed by atoms with Gasteiger partial charge in [0.1, 0.15) is 0 Å². The van der Waals surface area contributed by atoms with Crippen LogP contribution in [0.15, 0.2) is 42.6 Å². The van der Waals surface area contributed by atoms with Gasteiger partial charge < -0.3 is 4.74 Å². The summed E-state index contributed by atoms with van der Waals surface area (Å²) in [5.41, 5.74) is 2.90. The van der Waals surface area contributed by atoms with Crippen LogP contribution in [0.25, 0.3) is 11.1 Å². The maximum Gasteiger partial charge on any atom is 0.213 e. The normalized spacial score (nSPS) is 9.50. The zero-order chi connectivity index (χ0) is 11.4. The molecule has 0 fully saturated rings. The highest BCUT2D eigenvalue weighted by atomic mass is 16.5. The van der Waals surface area contributed by atoms with Crippen LogP contribution in [0.3, 0.4) is 0 Å². The van der Waals surface area contributed by atoms with E-state index < -0.39 is 0 Å². The van der Waals surface area contributed by atoms with Crippen molar-refractivity contribution in [2.75, 3.05) is 7.11 Å². The van der Waals surface area contributed by atoms with Crippen LogP contribution in [0.1, 0.15) is 5.56 Å². The Hall–Kier alpha value is -2.27. The minimum atomic E-state index is 0.587. The molecule has 0 amide bonds. The number of pyridine rings is 1. The first-order chi connectivity index (χ1) is 7.85. The summed E-state index contributed by atoms with van der Waals surface area (Å²) in [4.78, 5) is 4.07. The number of terminal acetylenes is 1. The number of rotatable bonds is 2. The van der Waals surface area contributed by atoms with Crippen molar-refractivity contribution in [1.29, 1.82) is 0 Å². The molecule has 78 valence electrons. The van der Waals surface area contributed by atoms with Crippen molar-refractivity contribution in [1.82, 2.24) is 4.98 Å². The number of methoxy groups -OCH3 is 1.